The van der Waals surface area contributed by atoms with E-state index in [2.05, 4.69) is 74.6 Å². The van der Waals surface area contributed by atoms with Gasteiger partial charge in [-0.05, 0) is 55.9 Å². The topological polar surface area (TPSA) is 66.3 Å². The van der Waals surface area contributed by atoms with Gasteiger partial charge in [0.25, 0.3) is 0 Å². The Morgan fingerprint density at radius 3 is 2.84 bits per heavy atom. The molecule has 0 unspecified atom stereocenters. The maximum Gasteiger partial charge on any atom is 0.246 e. The van der Waals surface area contributed by atoms with Crippen LogP contribution in [0.15, 0.2) is 79.3 Å². The molecule has 0 saturated heterocycles. The Bertz CT molecular complexity index is 1640. The van der Waals surface area contributed by atoms with E-state index in [-0.39, 0.29) is 5.91 Å². The van der Waals surface area contributed by atoms with E-state index in [0.717, 1.165) is 41.2 Å². The third-order valence-corrected chi connectivity index (χ3v) is 8.03. The van der Waals surface area contributed by atoms with Gasteiger partial charge in [0.15, 0.2) is 0 Å². The molecule has 38 heavy (non-hydrogen) atoms. The summed E-state index contributed by atoms with van der Waals surface area (Å²) in [6.07, 6.45) is 8.17. The van der Waals surface area contributed by atoms with E-state index < -0.39 is 0 Å². The Balaban J connectivity index is 1.23. The van der Waals surface area contributed by atoms with E-state index in [9.17, 15) is 4.79 Å². The number of thiophene rings is 1. The van der Waals surface area contributed by atoms with Crippen molar-refractivity contribution in [1.82, 2.24) is 24.3 Å². The second-order valence-corrected chi connectivity index (χ2v) is 11.0. The predicted octanol–water partition coefficient (Wildman–Crippen LogP) is 5.44. The summed E-state index contributed by atoms with van der Waals surface area (Å²) in [6, 6.07) is 19.1. The molecule has 5 aromatic rings. The van der Waals surface area contributed by atoms with Gasteiger partial charge >= 0.3 is 0 Å². The van der Waals surface area contributed by atoms with Crippen LogP contribution in [0.2, 0.25) is 0 Å². The molecule has 4 heterocycles. The minimum Gasteiger partial charge on any atom is -0.343 e. The van der Waals surface area contributed by atoms with Crippen LogP contribution in [0, 0.1) is 0 Å². The van der Waals surface area contributed by atoms with E-state index in [1.165, 1.54) is 26.9 Å². The van der Waals surface area contributed by atoms with Crippen LogP contribution in [0.3, 0.4) is 0 Å². The number of carbonyl (C=O) groups excluding carboxylic acids is 1. The quantitative estimate of drug-likeness (QED) is 0.288. The van der Waals surface area contributed by atoms with Crippen molar-refractivity contribution >= 4 is 49.9 Å². The van der Waals surface area contributed by atoms with Crippen LogP contribution in [-0.2, 0) is 24.3 Å². The van der Waals surface area contributed by atoms with Crippen LogP contribution in [0.1, 0.15) is 16.0 Å². The van der Waals surface area contributed by atoms with E-state index in [1.807, 2.05) is 36.0 Å². The summed E-state index contributed by atoms with van der Waals surface area (Å²) in [5.41, 5.74) is 4.73. The fourth-order valence-electron chi connectivity index (χ4n) is 5.01. The minimum atomic E-state index is 0.0619. The molecule has 0 atom stereocenters. The molecule has 1 aliphatic rings. The first-order chi connectivity index (χ1) is 18.5. The molecule has 2 aromatic carbocycles. The van der Waals surface area contributed by atoms with Crippen LogP contribution in [0.25, 0.3) is 21.1 Å². The minimum absolute atomic E-state index is 0.0619. The normalized spacial score (nSPS) is 13.6. The Morgan fingerprint density at radius 1 is 1.13 bits per heavy atom. The highest BCUT2D eigenvalue weighted by Crippen LogP contribution is 2.38. The Morgan fingerprint density at radius 2 is 2.00 bits per heavy atom. The second kappa shape index (κ2) is 10.4. The number of benzene rings is 2. The predicted molar refractivity (Wildman–Crippen MR) is 155 cm³/mol. The van der Waals surface area contributed by atoms with Gasteiger partial charge in [0, 0.05) is 53.4 Å². The van der Waals surface area contributed by atoms with Crippen molar-refractivity contribution in [2.45, 2.75) is 19.5 Å². The van der Waals surface area contributed by atoms with E-state index in [0.29, 0.717) is 13.1 Å². The first kappa shape index (κ1) is 24.3. The van der Waals surface area contributed by atoms with Crippen molar-refractivity contribution in [2.24, 2.45) is 0 Å². The molecule has 1 aliphatic heterocycles. The highest BCUT2D eigenvalue weighted by Gasteiger charge is 2.25. The molecular formula is C30H30N6OS. The lowest BCUT2D eigenvalue weighted by Gasteiger charge is -2.26. The number of aromatic nitrogens is 3. The number of amides is 1. The van der Waals surface area contributed by atoms with Gasteiger partial charge in [-0.3, -0.25) is 4.79 Å². The van der Waals surface area contributed by atoms with Crippen molar-refractivity contribution in [1.29, 1.82) is 0 Å². The van der Waals surface area contributed by atoms with E-state index in [1.54, 1.807) is 23.7 Å². The van der Waals surface area contributed by atoms with Crippen LogP contribution < -0.4 is 5.32 Å². The van der Waals surface area contributed by atoms with E-state index >= 15 is 0 Å². The smallest absolute Gasteiger partial charge is 0.246 e. The number of anilines is 2. The maximum absolute atomic E-state index is 12.7. The molecule has 0 bridgehead atoms. The molecule has 7 nitrogen and oxygen atoms in total. The molecule has 1 N–H and O–H groups in total. The molecule has 3 aromatic heterocycles. The lowest BCUT2D eigenvalue weighted by atomic mass is 10.0. The number of nitrogens with one attached hydrogen (secondary N) is 1. The van der Waals surface area contributed by atoms with Crippen molar-refractivity contribution in [3.63, 3.8) is 0 Å². The van der Waals surface area contributed by atoms with Crippen molar-refractivity contribution < 1.29 is 4.79 Å². The van der Waals surface area contributed by atoms with Gasteiger partial charge in [-0.15, -0.1) is 11.3 Å². The molecule has 0 saturated carbocycles. The van der Waals surface area contributed by atoms with Gasteiger partial charge in [0.2, 0.25) is 5.91 Å². The average Bonchev–Trinajstić information content (AvgIpc) is 3.50. The largest absolute Gasteiger partial charge is 0.343 e. The van der Waals surface area contributed by atoms with Crippen molar-refractivity contribution in [2.75, 3.05) is 32.5 Å². The number of rotatable bonds is 7. The summed E-state index contributed by atoms with van der Waals surface area (Å²) < 4.78 is 2.27. The van der Waals surface area contributed by atoms with Crippen molar-refractivity contribution in [3.05, 3.63) is 95.3 Å². The van der Waals surface area contributed by atoms with Gasteiger partial charge in [0.1, 0.15) is 17.0 Å². The van der Waals surface area contributed by atoms with E-state index in [4.69, 9.17) is 0 Å². The molecule has 0 radical (unpaired) electrons. The third-order valence-electron chi connectivity index (χ3n) is 6.91. The monoisotopic (exact) mass is 522 g/mol. The van der Waals surface area contributed by atoms with Gasteiger partial charge in [-0.2, -0.15) is 0 Å². The number of hydrogen-bond acceptors (Lipinski definition) is 6. The zero-order valence-electron chi connectivity index (χ0n) is 21.6. The first-order valence-corrected chi connectivity index (χ1v) is 13.6. The summed E-state index contributed by atoms with van der Waals surface area (Å²) in [5, 5.41) is 5.81. The molecule has 0 fully saturated rings. The zero-order chi connectivity index (χ0) is 26.1. The van der Waals surface area contributed by atoms with Crippen LogP contribution in [0.4, 0.5) is 11.5 Å². The molecule has 192 valence electrons. The lowest BCUT2D eigenvalue weighted by Crippen LogP contribution is -2.34. The third kappa shape index (κ3) is 4.92. The van der Waals surface area contributed by atoms with Crippen LogP contribution >= 0.6 is 11.3 Å². The Hall–Kier alpha value is -4.01. The molecular weight excluding hydrogens is 492 g/mol. The highest BCUT2D eigenvalue weighted by molar-refractivity contribution is 7.19. The summed E-state index contributed by atoms with van der Waals surface area (Å²) in [7, 11) is 3.98. The summed E-state index contributed by atoms with van der Waals surface area (Å²) in [4.78, 5) is 28.0. The van der Waals surface area contributed by atoms with Gasteiger partial charge < -0.3 is 19.7 Å². The summed E-state index contributed by atoms with van der Waals surface area (Å²) >= 11 is 1.66. The molecule has 8 heteroatoms. The molecule has 0 spiro atoms. The zero-order valence-corrected chi connectivity index (χ0v) is 22.4. The van der Waals surface area contributed by atoms with Gasteiger partial charge in [-0.1, -0.05) is 36.4 Å². The highest BCUT2D eigenvalue weighted by atomic mass is 32.1. The molecule has 1 amide bonds. The Kier molecular flexibility index (Phi) is 6.66. The number of fused-ring (bicyclic) bond motifs is 4. The lowest BCUT2D eigenvalue weighted by molar-refractivity contribution is -0.126. The molecule has 0 aliphatic carbocycles. The average molecular weight is 523 g/mol. The van der Waals surface area contributed by atoms with Crippen LogP contribution in [0.5, 0.6) is 0 Å². The van der Waals surface area contributed by atoms with Gasteiger partial charge in [-0.25, -0.2) is 9.97 Å². The standard InChI is InChI=1S/C30H30N6OS/c1-34(2)14-6-9-27(37)36-16-13-24-26(19-36)38-30-28(24)29(31-20-32-30)33-23-10-11-25-22(17-23)12-15-35(25)18-21-7-4-3-5-8-21/h3-12,15,17,20H,13-14,16,18-19H2,1-2H3,(H,31,32,33)/b9-6+. The number of carbonyl (C=O) groups is 1. The first-order valence-electron chi connectivity index (χ1n) is 12.8. The SMILES string of the molecule is CN(C)C/C=C/C(=O)N1CCc2c(sc3ncnc(Nc4ccc5c(ccn5Cc5ccccc5)c4)c23)C1. The Labute approximate surface area is 226 Å². The maximum atomic E-state index is 12.7. The number of hydrogen-bond donors (Lipinski definition) is 1. The fourth-order valence-corrected chi connectivity index (χ4v) is 6.22. The number of nitrogens with zero attached hydrogens (tertiary/aromatic N) is 5. The summed E-state index contributed by atoms with van der Waals surface area (Å²) in [5.74, 6) is 0.883. The summed E-state index contributed by atoms with van der Waals surface area (Å²) in [6.45, 7) is 2.90. The van der Waals surface area contributed by atoms with Crippen LogP contribution in [-0.4, -0.2) is 57.4 Å². The van der Waals surface area contributed by atoms with Gasteiger partial charge in [0.05, 0.1) is 11.9 Å². The van der Waals surface area contributed by atoms with Crippen molar-refractivity contribution in [3.8, 4) is 0 Å². The number of likely N-dealkylation sites (N-methyl/N-ethyl adjacent to an activating group) is 1. The fraction of sp³-hybridized carbons (Fsp3) is 0.233. The molecule has 6 rings (SSSR count). The second-order valence-electron chi connectivity index (χ2n) is 9.91.